The van der Waals surface area contributed by atoms with Gasteiger partial charge in [0.2, 0.25) is 5.91 Å². The molecule has 2 aromatic heterocycles. The second kappa shape index (κ2) is 7.08. The summed E-state index contributed by atoms with van der Waals surface area (Å²) in [6.45, 7) is 0.609. The van der Waals surface area contributed by atoms with Crippen molar-refractivity contribution >= 4 is 40.1 Å². The number of fused-ring (bicyclic) bond motifs is 3. The van der Waals surface area contributed by atoms with E-state index in [9.17, 15) is 9.59 Å². The fourth-order valence-electron chi connectivity index (χ4n) is 2.63. The van der Waals surface area contributed by atoms with Gasteiger partial charge in [-0.3, -0.25) is 14.2 Å². The summed E-state index contributed by atoms with van der Waals surface area (Å²) >= 11 is 5.27. The molecule has 3 rings (SSSR count). The van der Waals surface area contributed by atoms with Crippen LogP contribution in [-0.4, -0.2) is 47.8 Å². The van der Waals surface area contributed by atoms with Gasteiger partial charge >= 0.3 is 0 Å². The van der Waals surface area contributed by atoms with Gasteiger partial charge < -0.3 is 24.8 Å². The summed E-state index contributed by atoms with van der Waals surface area (Å²) in [7, 11) is 3.12. The number of carbonyl (C=O) groups excluding carboxylic acids is 1. The van der Waals surface area contributed by atoms with Crippen LogP contribution >= 0.6 is 12.2 Å². The lowest BCUT2D eigenvalue weighted by Crippen LogP contribution is -2.34. The van der Waals surface area contributed by atoms with Gasteiger partial charge in [0.1, 0.15) is 17.8 Å². The van der Waals surface area contributed by atoms with Gasteiger partial charge in [0, 0.05) is 24.6 Å². The van der Waals surface area contributed by atoms with E-state index in [0.717, 1.165) is 10.9 Å². The van der Waals surface area contributed by atoms with Crippen LogP contribution in [0.1, 0.15) is 0 Å². The predicted molar refractivity (Wildman–Crippen MR) is 96.7 cm³/mol. The highest BCUT2D eigenvalue weighted by Gasteiger charge is 2.14. The zero-order valence-electron chi connectivity index (χ0n) is 13.8. The molecule has 0 atom stereocenters. The normalized spacial score (nSPS) is 11.1. The van der Waals surface area contributed by atoms with Crippen LogP contribution in [0.2, 0.25) is 0 Å². The Labute approximate surface area is 147 Å². The molecular formula is C16H18N4O4S. The van der Waals surface area contributed by atoms with Gasteiger partial charge in [-0.05, 0) is 30.4 Å². The molecule has 9 heteroatoms. The van der Waals surface area contributed by atoms with Crippen LogP contribution in [0.5, 0.6) is 5.75 Å². The zero-order chi connectivity index (χ0) is 18.0. The largest absolute Gasteiger partial charge is 0.497 e. The van der Waals surface area contributed by atoms with E-state index in [1.54, 1.807) is 20.3 Å². The number of hydrogen-bond acceptors (Lipinski definition) is 5. The Hall–Kier alpha value is -2.65. The van der Waals surface area contributed by atoms with E-state index in [2.05, 4.69) is 15.3 Å². The molecule has 25 heavy (non-hydrogen) atoms. The molecule has 0 saturated heterocycles. The van der Waals surface area contributed by atoms with Crippen molar-refractivity contribution in [2.75, 3.05) is 27.4 Å². The van der Waals surface area contributed by atoms with Crippen LogP contribution in [0.15, 0.2) is 23.0 Å². The molecule has 0 aliphatic rings. The van der Waals surface area contributed by atoms with Crippen LogP contribution in [0.25, 0.3) is 21.9 Å². The summed E-state index contributed by atoms with van der Waals surface area (Å²) in [6.07, 6.45) is 0. The number of nitrogens with one attached hydrogen (secondary N) is 3. The summed E-state index contributed by atoms with van der Waals surface area (Å²) in [6, 6.07) is 5.45. The van der Waals surface area contributed by atoms with Crippen LogP contribution in [0, 0.1) is 4.77 Å². The average molecular weight is 362 g/mol. The molecule has 0 spiro atoms. The molecule has 0 saturated carbocycles. The lowest BCUT2D eigenvalue weighted by atomic mass is 10.2. The van der Waals surface area contributed by atoms with E-state index in [1.165, 1.54) is 4.57 Å². The number of hydrogen-bond donors (Lipinski definition) is 3. The van der Waals surface area contributed by atoms with E-state index >= 15 is 0 Å². The molecule has 0 bridgehead atoms. The third-order valence-electron chi connectivity index (χ3n) is 3.87. The molecule has 0 fully saturated rings. The number of methoxy groups -OCH3 is 2. The van der Waals surface area contributed by atoms with E-state index in [1.807, 2.05) is 12.1 Å². The Morgan fingerprint density at radius 3 is 2.80 bits per heavy atom. The Morgan fingerprint density at radius 1 is 1.28 bits per heavy atom. The minimum atomic E-state index is -0.351. The number of aromatic amines is 2. The summed E-state index contributed by atoms with van der Waals surface area (Å²) < 4.78 is 11.5. The number of benzene rings is 1. The quantitative estimate of drug-likeness (QED) is 0.453. The first-order valence-corrected chi connectivity index (χ1v) is 8.04. The summed E-state index contributed by atoms with van der Waals surface area (Å²) in [5, 5.41) is 3.47. The van der Waals surface area contributed by atoms with Crippen molar-refractivity contribution in [2.24, 2.45) is 0 Å². The number of nitrogens with zero attached hydrogens (tertiary/aromatic N) is 1. The maximum atomic E-state index is 12.7. The van der Waals surface area contributed by atoms with Gasteiger partial charge in [-0.25, -0.2) is 0 Å². The van der Waals surface area contributed by atoms with E-state index in [-0.39, 0.29) is 22.8 Å². The van der Waals surface area contributed by atoms with Crippen molar-refractivity contribution in [3.05, 3.63) is 33.3 Å². The third kappa shape index (κ3) is 3.28. The molecular weight excluding hydrogens is 344 g/mol. The van der Waals surface area contributed by atoms with Crippen molar-refractivity contribution in [1.82, 2.24) is 19.9 Å². The highest BCUT2D eigenvalue weighted by atomic mass is 32.1. The van der Waals surface area contributed by atoms with E-state index in [4.69, 9.17) is 21.7 Å². The first kappa shape index (κ1) is 17.2. The van der Waals surface area contributed by atoms with Crippen LogP contribution in [-0.2, 0) is 16.1 Å². The monoisotopic (exact) mass is 362 g/mol. The van der Waals surface area contributed by atoms with Gasteiger partial charge in [0.25, 0.3) is 5.56 Å². The lowest BCUT2D eigenvalue weighted by Gasteiger charge is -2.07. The second-order valence-corrected chi connectivity index (χ2v) is 5.84. The number of amides is 1. The summed E-state index contributed by atoms with van der Waals surface area (Å²) in [5.74, 6) is 0.366. The first-order chi connectivity index (χ1) is 12.0. The Morgan fingerprint density at radius 2 is 2.08 bits per heavy atom. The smallest absolute Gasteiger partial charge is 0.279 e. The molecule has 0 aliphatic heterocycles. The molecule has 8 nitrogen and oxygen atoms in total. The summed E-state index contributed by atoms with van der Waals surface area (Å²) in [4.78, 5) is 30.8. The zero-order valence-corrected chi connectivity index (χ0v) is 14.7. The number of H-pyrrole nitrogens is 2. The van der Waals surface area contributed by atoms with Crippen molar-refractivity contribution in [3.8, 4) is 5.75 Å². The molecule has 2 heterocycles. The molecule has 0 unspecified atom stereocenters. The lowest BCUT2D eigenvalue weighted by molar-refractivity contribution is -0.121. The molecule has 0 radical (unpaired) electrons. The second-order valence-electron chi connectivity index (χ2n) is 5.45. The number of ether oxygens (including phenoxy) is 2. The van der Waals surface area contributed by atoms with Gasteiger partial charge in [0.15, 0.2) is 4.77 Å². The molecule has 1 aromatic carbocycles. The molecule has 3 aromatic rings. The molecule has 0 aliphatic carbocycles. The van der Waals surface area contributed by atoms with Crippen molar-refractivity contribution in [1.29, 1.82) is 0 Å². The summed E-state index contributed by atoms with van der Waals surface area (Å²) in [5.41, 5.74) is 1.39. The van der Waals surface area contributed by atoms with Gasteiger partial charge in [-0.2, -0.15) is 0 Å². The van der Waals surface area contributed by atoms with Gasteiger partial charge in [-0.15, -0.1) is 0 Å². The van der Waals surface area contributed by atoms with E-state index < -0.39 is 0 Å². The van der Waals surface area contributed by atoms with Crippen LogP contribution < -0.4 is 15.6 Å². The van der Waals surface area contributed by atoms with Gasteiger partial charge in [-0.1, -0.05) is 0 Å². The highest BCUT2D eigenvalue weighted by molar-refractivity contribution is 7.71. The molecule has 3 N–H and O–H groups in total. The van der Waals surface area contributed by atoms with Gasteiger partial charge in [0.05, 0.1) is 19.2 Å². The topological polar surface area (TPSA) is 101 Å². The van der Waals surface area contributed by atoms with E-state index in [0.29, 0.717) is 29.9 Å². The minimum Gasteiger partial charge on any atom is -0.497 e. The van der Waals surface area contributed by atoms with Crippen molar-refractivity contribution in [3.63, 3.8) is 0 Å². The SMILES string of the molecule is COCCNC(=O)Cn1c(=S)[nH]c2c([nH]c3ccc(OC)cc32)c1=O. The third-order valence-corrected chi connectivity index (χ3v) is 4.19. The van der Waals surface area contributed by atoms with Crippen LogP contribution in [0.4, 0.5) is 0 Å². The molecule has 132 valence electrons. The number of rotatable bonds is 6. The fourth-order valence-corrected chi connectivity index (χ4v) is 2.87. The van der Waals surface area contributed by atoms with Crippen molar-refractivity contribution < 1.29 is 14.3 Å². The minimum absolute atomic E-state index is 0.160. The Kier molecular flexibility index (Phi) is 4.86. The predicted octanol–water partition coefficient (Wildman–Crippen LogP) is 1.31. The van der Waals surface area contributed by atoms with Crippen molar-refractivity contribution in [2.45, 2.75) is 6.54 Å². The first-order valence-electron chi connectivity index (χ1n) is 7.63. The maximum Gasteiger partial charge on any atom is 0.279 e. The maximum absolute atomic E-state index is 12.7. The fraction of sp³-hybridized carbons (Fsp3) is 0.312. The molecule has 1 amide bonds. The van der Waals surface area contributed by atoms with Crippen LogP contribution in [0.3, 0.4) is 0 Å². The highest BCUT2D eigenvalue weighted by Crippen LogP contribution is 2.25. The average Bonchev–Trinajstić information content (AvgIpc) is 2.96. The Bertz CT molecular complexity index is 1050. The standard InChI is InChI=1S/C16H18N4O4S/c1-23-6-5-17-12(21)8-20-15(22)14-13(19-16(20)25)10-7-9(24-2)3-4-11(10)18-14/h3-4,7,18H,5-6,8H2,1-2H3,(H,17,21)(H,19,25). The Balaban J connectivity index is 2.04. The number of aromatic nitrogens is 3. The number of carbonyl (C=O) groups is 1.